The van der Waals surface area contributed by atoms with Crippen molar-refractivity contribution in [2.75, 3.05) is 62.6 Å². The third-order valence-corrected chi connectivity index (χ3v) is 6.00. The minimum atomic E-state index is -0.312. The van der Waals surface area contributed by atoms with E-state index >= 15 is 0 Å². The van der Waals surface area contributed by atoms with Crippen LogP contribution >= 0.6 is 11.6 Å². The molecular formula is C23H26ClN5O3. The van der Waals surface area contributed by atoms with Crippen molar-refractivity contribution in [3.05, 3.63) is 59.6 Å². The summed E-state index contributed by atoms with van der Waals surface area (Å²) in [6, 6.07) is 16.5. The van der Waals surface area contributed by atoms with Crippen molar-refractivity contribution in [2.24, 2.45) is 0 Å². The number of anilines is 2. The van der Waals surface area contributed by atoms with Gasteiger partial charge in [-0.1, -0.05) is 35.9 Å². The predicted molar refractivity (Wildman–Crippen MR) is 124 cm³/mol. The summed E-state index contributed by atoms with van der Waals surface area (Å²) in [6.45, 7) is 3.37. The van der Waals surface area contributed by atoms with E-state index in [2.05, 4.69) is 10.2 Å². The molecule has 0 saturated carbocycles. The van der Waals surface area contributed by atoms with Crippen LogP contribution in [0.2, 0.25) is 5.02 Å². The average molecular weight is 456 g/mol. The first-order valence-corrected chi connectivity index (χ1v) is 11.0. The summed E-state index contributed by atoms with van der Waals surface area (Å²) in [6.07, 6.45) is 0. The van der Waals surface area contributed by atoms with Gasteiger partial charge >= 0.3 is 6.03 Å². The van der Waals surface area contributed by atoms with Crippen molar-refractivity contribution in [3.8, 4) is 0 Å². The molecule has 0 aromatic heterocycles. The fourth-order valence-electron chi connectivity index (χ4n) is 3.92. The highest BCUT2D eigenvalue weighted by molar-refractivity contribution is 6.30. The maximum atomic E-state index is 12.8. The third-order valence-electron chi connectivity index (χ3n) is 5.76. The van der Waals surface area contributed by atoms with E-state index in [1.54, 1.807) is 17.0 Å². The molecule has 0 radical (unpaired) electrons. The number of nitrogens with one attached hydrogen (secondary N) is 1. The Morgan fingerprint density at radius 2 is 1.59 bits per heavy atom. The average Bonchev–Trinajstić information content (AvgIpc) is 2.81. The normalized spacial score (nSPS) is 16.8. The van der Waals surface area contributed by atoms with E-state index in [4.69, 9.17) is 11.6 Å². The van der Waals surface area contributed by atoms with Crippen molar-refractivity contribution < 1.29 is 14.4 Å². The number of amides is 4. The number of urea groups is 1. The fraction of sp³-hybridized carbons (Fsp3) is 0.348. The van der Waals surface area contributed by atoms with Gasteiger partial charge in [0.05, 0.1) is 6.54 Å². The highest BCUT2D eigenvalue weighted by atomic mass is 35.5. The van der Waals surface area contributed by atoms with Crippen LogP contribution in [0.3, 0.4) is 0 Å². The Hall–Kier alpha value is -3.26. The van der Waals surface area contributed by atoms with Gasteiger partial charge in [0.2, 0.25) is 11.8 Å². The van der Waals surface area contributed by atoms with Crippen molar-refractivity contribution in [1.82, 2.24) is 14.7 Å². The maximum absolute atomic E-state index is 12.8. The lowest BCUT2D eigenvalue weighted by molar-refractivity contribution is -0.143. The Labute approximate surface area is 192 Å². The first kappa shape index (κ1) is 22.0. The van der Waals surface area contributed by atoms with E-state index < -0.39 is 0 Å². The highest BCUT2D eigenvalue weighted by Gasteiger charge is 2.30. The number of nitrogens with zero attached hydrogens (tertiary/aromatic N) is 4. The minimum Gasteiger partial charge on any atom is -0.368 e. The van der Waals surface area contributed by atoms with Gasteiger partial charge in [0, 0.05) is 55.7 Å². The van der Waals surface area contributed by atoms with E-state index in [1.807, 2.05) is 42.5 Å². The molecule has 0 unspecified atom stereocenters. The van der Waals surface area contributed by atoms with Gasteiger partial charge in [0.25, 0.3) is 0 Å². The van der Waals surface area contributed by atoms with E-state index in [9.17, 15) is 14.4 Å². The van der Waals surface area contributed by atoms with Crippen LogP contribution < -0.4 is 10.2 Å². The van der Waals surface area contributed by atoms with Gasteiger partial charge in [-0.3, -0.25) is 9.59 Å². The van der Waals surface area contributed by atoms with E-state index in [0.29, 0.717) is 50.0 Å². The highest BCUT2D eigenvalue weighted by Crippen LogP contribution is 2.21. The van der Waals surface area contributed by atoms with E-state index in [0.717, 1.165) is 5.69 Å². The molecule has 0 bridgehead atoms. The van der Waals surface area contributed by atoms with Crippen molar-refractivity contribution in [2.45, 2.75) is 0 Å². The molecule has 2 aromatic carbocycles. The zero-order valence-electron chi connectivity index (χ0n) is 17.7. The fourth-order valence-corrected chi connectivity index (χ4v) is 4.11. The van der Waals surface area contributed by atoms with Gasteiger partial charge in [-0.25, -0.2) is 4.79 Å². The standard InChI is InChI=1S/C23H26ClN5O3/c24-18-5-4-8-20(15-18)26-9-11-27(12-10-26)21(30)16-28-13-14-29(17-22(28)31)23(32)25-19-6-2-1-3-7-19/h1-8,15H,9-14,16-17H2,(H,25,32). The van der Waals surface area contributed by atoms with Crippen LogP contribution in [0.5, 0.6) is 0 Å². The first-order chi connectivity index (χ1) is 15.5. The van der Waals surface area contributed by atoms with E-state index in [-0.39, 0.29) is 30.9 Å². The molecule has 168 valence electrons. The van der Waals surface area contributed by atoms with Crippen LogP contribution in [-0.2, 0) is 9.59 Å². The first-order valence-electron chi connectivity index (χ1n) is 10.7. The van der Waals surface area contributed by atoms with Crippen molar-refractivity contribution in [1.29, 1.82) is 0 Å². The number of halogens is 1. The second-order valence-electron chi connectivity index (χ2n) is 7.88. The third kappa shape index (κ3) is 5.31. The monoisotopic (exact) mass is 455 g/mol. The molecule has 2 aliphatic heterocycles. The number of piperazine rings is 2. The Bertz CT molecular complexity index is 979. The van der Waals surface area contributed by atoms with Crippen LogP contribution in [0.15, 0.2) is 54.6 Å². The summed E-state index contributed by atoms with van der Waals surface area (Å²) in [5.74, 6) is -0.281. The van der Waals surface area contributed by atoms with Crippen LogP contribution in [0.25, 0.3) is 0 Å². The second-order valence-corrected chi connectivity index (χ2v) is 8.32. The molecule has 4 rings (SSSR count). The van der Waals surface area contributed by atoms with Gasteiger partial charge in [0.15, 0.2) is 0 Å². The molecule has 8 nitrogen and oxygen atoms in total. The number of hydrogen-bond donors (Lipinski definition) is 1. The van der Waals surface area contributed by atoms with Crippen LogP contribution in [-0.4, -0.2) is 84.9 Å². The summed E-state index contributed by atoms with van der Waals surface area (Å²) in [5, 5.41) is 3.48. The predicted octanol–water partition coefficient (Wildman–Crippen LogP) is 2.36. The molecule has 4 amide bonds. The second kappa shape index (κ2) is 9.91. The van der Waals surface area contributed by atoms with Gasteiger partial charge < -0.3 is 24.9 Å². The topological polar surface area (TPSA) is 76.2 Å². The summed E-state index contributed by atoms with van der Waals surface area (Å²) in [4.78, 5) is 44.7. The Kier molecular flexibility index (Phi) is 6.80. The Morgan fingerprint density at radius 1 is 0.875 bits per heavy atom. The molecular weight excluding hydrogens is 430 g/mol. The van der Waals surface area contributed by atoms with Gasteiger partial charge in [-0.2, -0.15) is 0 Å². The van der Waals surface area contributed by atoms with Gasteiger partial charge in [-0.15, -0.1) is 0 Å². The molecule has 2 saturated heterocycles. The molecule has 2 aliphatic rings. The zero-order chi connectivity index (χ0) is 22.5. The largest absolute Gasteiger partial charge is 0.368 e. The minimum absolute atomic E-state index is 0.0332. The van der Waals surface area contributed by atoms with Crippen LogP contribution in [0, 0.1) is 0 Å². The number of carbonyl (C=O) groups is 3. The molecule has 0 aliphatic carbocycles. The van der Waals surface area contributed by atoms with Crippen LogP contribution in [0.1, 0.15) is 0 Å². The quantitative estimate of drug-likeness (QED) is 0.768. The molecule has 0 atom stereocenters. The molecule has 9 heteroatoms. The summed E-state index contributed by atoms with van der Waals surface area (Å²) >= 11 is 6.08. The van der Waals surface area contributed by atoms with Gasteiger partial charge in [-0.05, 0) is 30.3 Å². The van der Waals surface area contributed by atoms with Crippen LogP contribution in [0.4, 0.5) is 16.2 Å². The molecule has 32 heavy (non-hydrogen) atoms. The van der Waals surface area contributed by atoms with E-state index in [1.165, 1.54) is 9.80 Å². The van der Waals surface area contributed by atoms with Crippen molar-refractivity contribution in [3.63, 3.8) is 0 Å². The summed E-state index contributed by atoms with van der Waals surface area (Å²) < 4.78 is 0. The number of para-hydroxylation sites is 1. The Morgan fingerprint density at radius 3 is 2.28 bits per heavy atom. The lowest BCUT2D eigenvalue weighted by Gasteiger charge is -2.38. The molecule has 2 fully saturated rings. The number of hydrogen-bond acceptors (Lipinski definition) is 4. The summed E-state index contributed by atoms with van der Waals surface area (Å²) in [7, 11) is 0. The maximum Gasteiger partial charge on any atom is 0.322 e. The number of carbonyl (C=O) groups excluding carboxylic acids is 3. The van der Waals surface area contributed by atoms with Crippen molar-refractivity contribution >= 4 is 40.8 Å². The molecule has 2 heterocycles. The summed E-state index contributed by atoms with van der Waals surface area (Å²) in [5.41, 5.74) is 1.73. The molecule has 0 spiro atoms. The van der Waals surface area contributed by atoms with Gasteiger partial charge in [0.1, 0.15) is 6.54 Å². The Balaban J connectivity index is 1.24. The molecule has 2 aromatic rings. The number of benzene rings is 2. The molecule has 1 N–H and O–H groups in total. The SMILES string of the molecule is O=C(CN1CCN(C(=O)Nc2ccccc2)CC1=O)N1CCN(c2cccc(Cl)c2)CC1. The lowest BCUT2D eigenvalue weighted by atomic mass is 10.2. The number of rotatable bonds is 4. The zero-order valence-corrected chi connectivity index (χ0v) is 18.5. The lowest BCUT2D eigenvalue weighted by Crippen LogP contribution is -2.57. The smallest absolute Gasteiger partial charge is 0.322 e.